The van der Waals surface area contributed by atoms with Gasteiger partial charge in [-0.2, -0.15) is 0 Å². The molecule has 4 heteroatoms. The van der Waals surface area contributed by atoms with Gasteiger partial charge in [-0.3, -0.25) is 0 Å². The summed E-state index contributed by atoms with van der Waals surface area (Å²) in [5.74, 6) is 0. The minimum atomic E-state index is 0.750. The van der Waals surface area contributed by atoms with Gasteiger partial charge in [0.2, 0.25) is 6.08 Å². The Hall–Kier alpha value is -0.700. The van der Waals surface area contributed by atoms with Crippen molar-refractivity contribution in [1.82, 2.24) is 0 Å². The molecule has 0 saturated carbocycles. The first-order valence-corrected chi connectivity index (χ1v) is 3.77. The van der Waals surface area contributed by atoms with Crippen molar-refractivity contribution in [3.63, 3.8) is 0 Å². The summed E-state index contributed by atoms with van der Waals surface area (Å²) in [7, 11) is 0. The van der Waals surface area contributed by atoms with E-state index in [1.54, 1.807) is 0 Å². The fraction of sp³-hybridized carbons (Fsp3) is 0.857. The lowest BCUT2D eigenvalue weighted by Crippen LogP contribution is -2.00. The molecule has 0 aromatic rings. The SMILES string of the molecule is N=C=O.NCCCCCCN. The van der Waals surface area contributed by atoms with Crippen molar-refractivity contribution in [1.29, 1.82) is 5.41 Å². The fourth-order valence-corrected chi connectivity index (χ4v) is 0.642. The largest absolute Gasteiger partial charge is 0.330 e. The molecule has 0 radical (unpaired) electrons. The van der Waals surface area contributed by atoms with E-state index in [0.717, 1.165) is 32.0 Å². The van der Waals surface area contributed by atoms with Crippen molar-refractivity contribution in [2.24, 2.45) is 11.5 Å². The van der Waals surface area contributed by atoms with Crippen molar-refractivity contribution in [3.05, 3.63) is 0 Å². The summed E-state index contributed by atoms with van der Waals surface area (Å²) in [6.07, 6.45) is 5.54. The third-order valence-corrected chi connectivity index (χ3v) is 1.16. The topological polar surface area (TPSA) is 93.0 Å². The summed E-state index contributed by atoms with van der Waals surface area (Å²) < 4.78 is 0. The van der Waals surface area contributed by atoms with Gasteiger partial charge in [0.25, 0.3) is 0 Å². The molecular formula is C7H17N3O. The van der Waals surface area contributed by atoms with Crippen molar-refractivity contribution >= 4 is 6.08 Å². The molecule has 0 spiro atoms. The Morgan fingerprint density at radius 1 is 1.00 bits per heavy atom. The van der Waals surface area contributed by atoms with Gasteiger partial charge in [-0.05, 0) is 25.9 Å². The predicted molar refractivity (Wildman–Crippen MR) is 45.0 cm³/mol. The highest BCUT2D eigenvalue weighted by Crippen LogP contribution is 1.95. The normalized spacial score (nSPS) is 7.82. The van der Waals surface area contributed by atoms with Crippen molar-refractivity contribution < 1.29 is 4.79 Å². The highest BCUT2D eigenvalue weighted by Gasteiger charge is 1.83. The Bertz CT molecular complexity index is 83.7. The van der Waals surface area contributed by atoms with Gasteiger partial charge in [0.05, 0.1) is 0 Å². The quantitative estimate of drug-likeness (QED) is 0.307. The lowest BCUT2D eigenvalue weighted by atomic mass is 10.2. The zero-order valence-electron chi connectivity index (χ0n) is 6.81. The van der Waals surface area contributed by atoms with E-state index >= 15 is 0 Å². The molecule has 0 heterocycles. The van der Waals surface area contributed by atoms with E-state index in [4.69, 9.17) is 21.7 Å². The number of isocyanates is 1. The van der Waals surface area contributed by atoms with Gasteiger partial charge in [0.1, 0.15) is 0 Å². The van der Waals surface area contributed by atoms with Crippen LogP contribution in [0.3, 0.4) is 0 Å². The molecule has 0 amide bonds. The smallest absolute Gasteiger partial charge is 0.231 e. The van der Waals surface area contributed by atoms with Crippen LogP contribution in [0, 0.1) is 5.41 Å². The van der Waals surface area contributed by atoms with Crippen LogP contribution in [-0.4, -0.2) is 19.2 Å². The molecule has 0 atom stereocenters. The second-order valence-corrected chi connectivity index (χ2v) is 2.09. The molecule has 0 aromatic carbocycles. The van der Waals surface area contributed by atoms with Crippen LogP contribution >= 0.6 is 0 Å². The first kappa shape index (κ1) is 12.9. The summed E-state index contributed by atoms with van der Waals surface area (Å²) in [4.78, 5) is 8.35. The molecule has 0 unspecified atom stereocenters. The minimum Gasteiger partial charge on any atom is -0.330 e. The maximum atomic E-state index is 8.35. The monoisotopic (exact) mass is 159 g/mol. The van der Waals surface area contributed by atoms with Crippen LogP contribution in [-0.2, 0) is 4.79 Å². The number of nitrogens with two attached hydrogens (primary N) is 2. The Kier molecular flexibility index (Phi) is 19.0. The molecule has 0 aliphatic rings. The van der Waals surface area contributed by atoms with Crippen LogP contribution in [0.5, 0.6) is 0 Å². The molecule has 0 aromatic heterocycles. The van der Waals surface area contributed by atoms with E-state index in [-0.39, 0.29) is 0 Å². The summed E-state index contributed by atoms with van der Waals surface area (Å²) >= 11 is 0. The fourth-order valence-electron chi connectivity index (χ4n) is 0.642. The zero-order chi connectivity index (χ0) is 8.95. The Morgan fingerprint density at radius 2 is 1.27 bits per heavy atom. The highest BCUT2D eigenvalue weighted by molar-refractivity contribution is 5.26. The average Bonchev–Trinajstić information content (AvgIpc) is 2.00. The molecule has 0 aliphatic heterocycles. The van der Waals surface area contributed by atoms with E-state index < -0.39 is 0 Å². The van der Waals surface area contributed by atoms with Gasteiger partial charge < -0.3 is 11.5 Å². The summed E-state index contributed by atoms with van der Waals surface area (Å²) in [5.41, 5.74) is 10.6. The van der Waals surface area contributed by atoms with Crippen molar-refractivity contribution in [2.75, 3.05) is 13.1 Å². The van der Waals surface area contributed by atoms with E-state index in [2.05, 4.69) is 0 Å². The molecule has 0 rings (SSSR count). The van der Waals surface area contributed by atoms with Crippen molar-refractivity contribution in [2.45, 2.75) is 25.7 Å². The Balaban J connectivity index is 0. The number of hydrogen-bond acceptors (Lipinski definition) is 4. The lowest BCUT2D eigenvalue weighted by molar-refractivity contribution is 0.563. The van der Waals surface area contributed by atoms with Crippen LogP contribution < -0.4 is 11.5 Å². The standard InChI is InChI=1S/C6H16N2.CHNO/c7-5-3-1-2-4-6-8;2-1-3/h1-8H2;2H. The van der Waals surface area contributed by atoms with Gasteiger partial charge >= 0.3 is 0 Å². The van der Waals surface area contributed by atoms with Crippen LogP contribution in [0.4, 0.5) is 0 Å². The molecule has 4 nitrogen and oxygen atoms in total. The third kappa shape index (κ3) is 26.8. The molecule has 11 heavy (non-hydrogen) atoms. The maximum absolute atomic E-state index is 8.35. The van der Waals surface area contributed by atoms with Crippen LogP contribution in [0.25, 0.3) is 0 Å². The average molecular weight is 159 g/mol. The number of unbranched alkanes of at least 4 members (excludes halogenated alkanes) is 3. The first-order chi connectivity index (χ1) is 5.33. The van der Waals surface area contributed by atoms with Gasteiger partial charge in [0.15, 0.2) is 0 Å². The Labute approximate surface area is 67.5 Å². The van der Waals surface area contributed by atoms with Crippen LogP contribution in [0.15, 0.2) is 0 Å². The second-order valence-electron chi connectivity index (χ2n) is 2.09. The predicted octanol–water partition coefficient (Wildman–Crippen LogP) is 0.365. The number of rotatable bonds is 5. The first-order valence-electron chi connectivity index (χ1n) is 3.77. The molecule has 0 saturated heterocycles. The minimum absolute atomic E-state index is 0.750. The molecule has 0 aliphatic carbocycles. The molecule has 0 fully saturated rings. The van der Waals surface area contributed by atoms with E-state index in [1.807, 2.05) is 0 Å². The molecule has 66 valence electrons. The van der Waals surface area contributed by atoms with Gasteiger partial charge in [0, 0.05) is 0 Å². The highest BCUT2D eigenvalue weighted by atomic mass is 16.1. The van der Waals surface area contributed by atoms with Gasteiger partial charge in [-0.25, -0.2) is 10.2 Å². The zero-order valence-corrected chi connectivity index (χ0v) is 6.81. The van der Waals surface area contributed by atoms with Crippen LogP contribution in [0.2, 0.25) is 0 Å². The lowest BCUT2D eigenvalue weighted by Gasteiger charge is -1.94. The molecule has 0 bridgehead atoms. The number of hydrogen-bond donors (Lipinski definition) is 3. The molecule has 5 N–H and O–H groups in total. The third-order valence-electron chi connectivity index (χ3n) is 1.16. The van der Waals surface area contributed by atoms with Crippen LogP contribution in [0.1, 0.15) is 25.7 Å². The summed E-state index contributed by atoms with van der Waals surface area (Å²) in [6.45, 7) is 1.65. The summed E-state index contributed by atoms with van der Waals surface area (Å²) in [6, 6.07) is 0. The second kappa shape index (κ2) is 16.1. The van der Waals surface area contributed by atoms with Gasteiger partial charge in [-0.15, -0.1) is 0 Å². The van der Waals surface area contributed by atoms with E-state index in [1.165, 1.54) is 12.8 Å². The number of carbonyl (C=O) groups excluding carboxylic acids is 1. The van der Waals surface area contributed by atoms with E-state index in [9.17, 15) is 0 Å². The Morgan fingerprint density at radius 3 is 1.45 bits per heavy atom. The maximum Gasteiger partial charge on any atom is 0.231 e. The van der Waals surface area contributed by atoms with Gasteiger partial charge in [-0.1, -0.05) is 12.8 Å². The molecular weight excluding hydrogens is 142 g/mol. The number of nitrogens with one attached hydrogen (secondary N) is 1. The van der Waals surface area contributed by atoms with E-state index in [0.29, 0.717) is 0 Å². The summed E-state index contributed by atoms with van der Waals surface area (Å²) in [5, 5.41) is 5.40. The van der Waals surface area contributed by atoms with Crippen molar-refractivity contribution in [3.8, 4) is 0 Å².